The fraction of sp³-hybridized carbons (Fsp3) is 0.136. The molecule has 2 aromatic carbocycles. The predicted molar refractivity (Wildman–Crippen MR) is 111 cm³/mol. The lowest BCUT2D eigenvalue weighted by Crippen LogP contribution is -2.07. The van der Waals surface area contributed by atoms with Crippen molar-refractivity contribution < 1.29 is 4.74 Å². The lowest BCUT2D eigenvalue weighted by Gasteiger charge is -2.16. The van der Waals surface area contributed by atoms with Crippen LogP contribution in [0.5, 0.6) is 5.75 Å². The van der Waals surface area contributed by atoms with E-state index in [9.17, 15) is 0 Å². The first-order valence-corrected chi connectivity index (χ1v) is 9.44. The van der Waals surface area contributed by atoms with Crippen LogP contribution in [0.2, 0.25) is 0 Å². The van der Waals surface area contributed by atoms with Crippen molar-refractivity contribution in [2.24, 2.45) is 0 Å². The van der Waals surface area contributed by atoms with Crippen LogP contribution >= 0.6 is 11.8 Å². The van der Waals surface area contributed by atoms with Crippen LogP contribution in [0.25, 0.3) is 10.6 Å². The van der Waals surface area contributed by atoms with Gasteiger partial charge in [0, 0.05) is 35.7 Å². The van der Waals surface area contributed by atoms with Crippen molar-refractivity contribution in [2.45, 2.75) is 5.75 Å². The van der Waals surface area contributed by atoms with Crippen molar-refractivity contribution >= 4 is 22.4 Å². The Hall–Kier alpha value is -2.72. The van der Waals surface area contributed by atoms with E-state index in [0.717, 1.165) is 22.8 Å². The molecule has 1 heterocycles. The molecular weight excluding hydrogens is 340 g/mol. The van der Waals surface area contributed by atoms with Gasteiger partial charge in [-0.25, -0.2) is 0 Å². The van der Waals surface area contributed by atoms with Gasteiger partial charge in [0.25, 0.3) is 0 Å². The van der Waals surface area contributed by atoms with Crippen molar-refractivity contribution in [3.05, 3.63) is 95.8 Å². The van der Waals surface area contributed by atoms with Gasteiger partial charge in [0.1, 0.15) is 5.75 Å². The molecule has 0 saturated carbocycles. The summed E-state index contributed by atoms with van der Waals surface area (Å²) in [6.45, 7) is 0. The van der Waals surface area contributed by atoms with Crippen LogP contribution in [0.3, 0.4) is 0 Å². The monoisotopic (exact) mass is 362 g/mol. The zero-order valence-electron chi connectivity index (χ0n) is 15.0. The number of nitrogens with zero attached hydrogens (tertiary/aromatic N) is 1. The highest BCUT2D eigenvalue weighted by molar-refractivity contribution is 8.07. The van der Waals surface area contributed by atoms with Gasteiger partial charge in [0.2, 0.25) is 0 Å². The maximum Gasteiger partial charge on any atom is 0.118 e. The summed E-state index contributed by atoms with van der Waals surface area (Å²) in [5.41, 5.74) is 4.70. The van der Waals surface area contributed by atoms with E-state index in [-0.39, 0.29) is 0 Å². The molecular formula is C22H22N2OS. The van der Waals surface area contributed by atoms with Gasteiger partial charge in [-0.2, -0.15) is 0 Å². The number of hydrogen-bond acceptors (Lipinski definition) is 4. The Bertz CT molecular complexity index is 846. The van der Waals surface area contributed by atoms with Gasteiger partial charge in [0.05, 0.1) is 12.8 Å². The summed E-state index contributed by atoms with van der Waals surface area (Å²) < 4.78 is 5.25. The first-order chi connectivity index (χ1) is 12.8. The molecule has 0 aliphatic carbocycles. The van der Waals surface area contributed by atoms with Crippen LogP contribution in [0.4, 0.5) is 0 Å². The number of thioether (sulfide) groups is 1. The van der Waals surface area contributed by atoms with Crippen LogP contribution in [-0.4, -0.2) is 19.1 Å². The molecule has 0 spiro atoms. The second-order valence-electron chi connectivity index (χ2n) is 5.69. The van der Waals surface area contributed by atoms with Crippen LogP contribution < -0.4 is 10.1 Å². The van der Waals surface area contributed by atoms with E-state index < -0.39 is 0 Å². The van der Waals surface area contributed by atoms with Crippen molar-refractivity contribution in [3.8, 4) is 5.75 Å². The summed E-state index contributed by atoms with van der Waals surface area (Å²) in [5.74, 6) is 1.76. The van der Waals surface area contributed by atoms with E-state index in [0.29, 0.717) is 0 Å². The summed E-state index contributed by atoms with van der Waals surface area (Å²) in [4.78, 5) is 5.35. The quantitative estimate of drug-likeness (QED) is 0.636. The minimum atomic E-state index is 0.879. The first kappa shape index (κ1) is 18.1. The highest BCUT2D eigenvalue weighted by Gasteiger charge is 2.12. The standard InChI is InChI=1S/C22H22N2OS/c1-23-21(18-12-14-24-15-13-18)22(19-6-4-3-5-7-19)26-16-17-8-10-20(25-2)11-9-17/h3-15,23H,16H2,1-2H3/b22-21-. The molecule has 1 N–H and O–H groups in total. The smallest absolute Gasteiger partial charge is 0.118 e. The molecule has 0 aliphatic heterocycles. The topological polar surface area (TPSA) is 34.1 Å². The molecule has 3 aromatic rings. The highest BCUT2D eigenvalue weighted by atomic mass is 32.2. The summed E-state index contributed by atoms with van der Waals surface area (Å²) in [6.07, 6.45) is 3.65. The molecule has 0 atom stereocenters. The Morgan fingerprint density at radius 1 is 0.923 bits per heavy atom. The number of rotatable bonds is 7. The zero-order chi connectivity index (χ0) is 18.2. The number of methoxy groups -OCH3 is 1. The second kappa shape index (κ2) is 9.11. The molecule has 3 nitrogen and oxygen atoms in total. The van der Waals surface area contributed by atoms with Crippen molar-refractivity contribution in [2.75, 3.05) is 14.2 Å². The summed E-state index contributed by atoms with van der Waals surface area (Å²) in [7, 11) is 3.65. The number of hydrogen-bond donors (Lipinski definition) is 1. The molecule has 26 heavy (non-hydrogen) atoms. The van der Waals surface area contributed by atoms with Crippen LogP contribution in [0, 0.1) is 0 Å². The predicted octanol–water partition coefficient (Wildman–Crippen LogP) is 5.07. The molecule has 0 bridgehead atoms. The molecule has 0 unspecified atom stereocenters. The lowest BCUT2D eigenvalue weighted by molar-refractivity contribution is 0.414. The fourth-order valence-corrected chi connectivity index (χ4v) is 3.84. The van der Waals surface area contributed by atoms with Gasteiger partial charge in [-0.15, -0.1) is 11.8 Å². The molecule has 0 aliphatic rings. The van der Waals surface area contributed by atoms with Gasteiger partial charge >= 0.3 is 0 Å². The molecule has 4 heteroatoms. The molecule has 0 amide bonds. The number of ether oxygens (including phenoxy) is 1. The first-order valence-electron chi connectivity index (χ1n) is 8.45. The lowest BCUT2D eigenvalue weighted by atomic mass is 10.1. The van der Waals surface area contributed by atoms with E-state index in [1.54, 1.807) is 7.11 Å². The third-order valence-corrected chi connectivity index (χ3v) is 5.23. The van der Waals surface area contributed by atoms with Gasteiger partial charge < -0.3 is 10.1 Å². The van der Waals surface area contributed by atoms with Crippen molar-refractivity contribution in [3.63, 3.8) is 0 Å². The second-order valence-corrected chi connectivity index (χ2v) is 6.68. The Labute approximate surface area is 159 Å². The number of benzene rings is 2. The maximum absolute atomic E-state index is 5.25. The van der Waals surface area contributed by atoms with Crippen LogP contribution in [-0.2, 0) is 5.75 Å². The summed E-state index contributed by atoms with van der Waals surface area (Å²) >= 11 is 1.82. The van der Waals surface area contributed by atoms with Gasteiger partial charge in [0.15, 0.2) is 0 Å². The Kier molecular flexibility index (Phi) is 6.34. The van der Waals surface area contributed by atoms with Crippen molar-refractivity contribution in [1.82, 2.24) is 10.3 Å². The zero-order valence-corrected chi connectivity index (χ0v) is 15.8. The minimum absolute atomic E-state index is 0.879. The van der Waals surface area contributed by atoms with E-state index in [1.807, 2.05) is 61.5 Å². The highest BCUT2D eigenvalue weighted by Crippen LogP contribution is 2.36. The largest absolute Gasteiger partial charge is 0.497 e. The SMILES string of the molecule is CN/C(=C(\SCc1ccc(OC)cc1)c1ccccc1)c1ccncc1. The normalized spacial score (nSPS) is 11.6. The average Bonchev–Trinajstić information content (AvgIpc) is 2.73. The van der Waals surface area contributed by atoms with E-state index >= 15 is 0 Å². The minimum Gasteiger partial charge on any atom is -0.497 e. The van der Waals surface area contributed by atoms with Crippen molar-refractivity contribution in [1.29, 1.82) is 0 Å². The van der Waals surface area contributed by atoms with Crippen LogP contribution in [0.15, 0.2) is 79.1 Å². The molecule has 132 valence electrons. The third-order valence-electron chi connectivity index (χ3n) is 4.02. The molecule has 3 rings (SSSR count). The molecule has 0 saturated heterocycles. The van der Waals surface area contributed by atoms with Gasteiger partial charge in [-0.1, -0.05) is 42.5 Å². The van der Waals surface area contributed by atoms with Gasteiger partial charge in [-0.05, 0) is 35.4 Å². The summed E-state index contributed by atoms with van der Waals surface area (Å²) in [5, 5.41) is 3.38. The average molecular weight is 362 g/mol. The third kappa shape index (κ3) is 4.46. The Morgan fingerprint density at radius 2 is 1.62 bits per heavy atom. The Morgan fingerprint density at radius 3 is 2.23 bits per heavy atom. The fourth-order valence-electron chi connectivity index (χ4n) is 2.67. The van der Waals surface area contributed by atoms with E-state index in [4.69, 9.17) is 4.74 Å². The Balaban J connectivity index is 1.94. The number of pyridine rings is 1. The summed E-state index contributed by atoms with van der Waals surface area (Å²) in [6, 6.07) is 22.8. The van der Waals surface area contributed by atoms with Crippen LogP contribution in [0.1, 0.15) is 16.7 Å². The molecule has 1 aromatic heterocycles. The number of aromatic nitrogens is 1. The van der Waals surface area contributed by atoms with Gasteiger partial charge in [-0.3, -0.25) is 4.98 Å². The van der Waals surface area contributed by atoms with E-state index in [1.165, 1.54) is 16.0 Å². The molecule has 0 radical (unpaired) electrons. The molecule has 0 fully saturated rings. The van der Waals surface area contributed by atoms with E-state index in [2.05, 4.69) is 46.7 Å². The maximum atomic E-state index is 5.25. The number of nitrogens with one attached hydrogen (secondary N) is 1.